The van der Waals surface area contributed by atoms with Crippen LogP contribution in [0.3, 0.4) is 0 Å². The molecule has 2 atom stereocenters. The quantitative estimate of drug-likeness (QED) is 0.641. The van der Waals surface area contributed by atoms with Crippen molar-refractivity contribution in [2.45, 2.75) is 31.3 Å². The van der Waals surface area contributed by atoms with Gasteiger partial charge in [0.25, 0.3) is 0 Å². The van der Waals surface area contributed by atoms with E-state index in [2.05, 4.69) is 16.3 Å². The van der Waals surface area contributed by atoms with Crippen LogP contribution in [0.2, 0.25) is 0 Å². The first kappa shape index (κ1) is 8.03. The maximum absolute atomic E-state index is 8.47. The summed E-state index contributed by atoms with van der Waals surface area (Å²) in [5.74, 6) is 0. The van der Waals surface area contributed by atoms with Crippen LogP contribution in [-0.2, 0) is 0 Å². The number of nitrogens with one attached hydrogen (secondary N) is 1. The monoisotopic (exact) mass is 165 g/mol. The number of piperazine rings is 1. The molecule has 2 bridgehead atoms. The van der Waals surface area contributed by atoms with Gasteiger partial charge in [-0.3, -0.25) is 4.90 Å². The topological polar surface area (TPSA) is 39.1 Å². The van der Waals surface area contributed by atoms with Gasteiger partial charge < -0.3 is 5.32 Å². The first-order valence-corrected chi connectivity index (χ1v) is 4.74. The van der Waals surface area contributed by atoms with Crippen LogP contribution in [0.25, 0.3) is 0 Å². The molecule has 1 N–H and O–H groups in total. The molecular formula is C9H15N3. The van der Waals surface area contributed by atoms with Gasteiger partial charge in [0.2, 0.25) is 0 Å². The second-order valence-corrected chi connectivity index (χ2v) is 3.74. The predicted molar refractivity (Wildman–Crippen MR) is 46.6 cm³/mol. The molecule has 2 unspecified atom stereocenters. The third kappa shape index (κ3) is 1.45. The lowest BCUT2D eigenvalue weighted by Crippen LogP contribution is -2.60. The molecule has 3 fully saturated rings. The number of hydrogen-bond acceptors (Lipinski definition) is 3. The van der Waals surface area contributed by atoms with E-state index in [0.717, 1.165) is 19.6 Å². The molecule has 3 saturated heterocycles. The van der Waals surface area contributed by atoms with Crippen molar-refractivity contribution in [2.75, 3.05) is 19.6 Å². The molecule has 3 aliphatic heterocycles. The Balaban J connectivity index is 1.87. The van der Waals surface area contributed by atoms with Crippen LogP contribution < -0.4 is 5.32 Å². The normalized spacial score (nSPS) is 34.9. The van der Waals surface area contributed by atoms with E-state index in [-0.39, 0.29) is 0 Å². The molecular weight excluding hydrogens is 150 g/mol. The van der Waals surface area contributed by atoms with E-state index >= 15 is 0 Å². The number of fused-ring (bicyclic) bond motifs is 3. The van der Waals surface area contributed by atoms with Gasteiger partial charge in [0.15, 0.2) is 0 Å². The Kier molecular flexibility index (Phi) is 2.29. The van der Waals surface area contributed by atoms with Gasteiger partial charge in [-0.1, -0.05) is 0 Å². The number of nitrogens with zero attached hydrogens (tertiary/aromatic N) is 2. The highest BCUT2D eigenvalue weighted by Gasteiger charge is 2.32. The highest BCUT2D eigenvalue weighted by atomic mass is 15.2. The Morgan fingerprint density at radius 1 is 1.50 bits per heavy atom. The van der Waals surface area contributed by atoms with Gasteiger partial charge in [0.05, 0.1) is 6.07 Å². The average molecular weight is 165 g/mol. The summed E-state index contributed by atoms with van der Waals surface area (Å²) in [5.41, 5.74) is 0. The molecule has 0 saturated carbocycles. The summed E-state index contributed by atoms with van der Waals surface area (Å²) in [6.45, 7) is 3.27. The lowest BCUT2D eigenvalue weighted by atomic mass is 9.93. The molecule has 3 heterocycles. The van der Waals surface area contributed by atoms with Gasteiger partial charge in [-0.05, 0) is 12.8 Å². The molecule has 3 rings (SSSR count). The first-order valence-electron chi connectivity index (χ1n) is 4.74. The Bertz CT molecular complexity index is 188. The van der Waals surface area contributed by atoms with Crippen LogP contribution in [0.4, 0.5) is 0 Å². The number of rotatable bonds is 2. The zero-order valence-electron chi connectivity index (χ0n) is 7.29. The number of piperidine rings is 2. The Morgan fingerprint density at radius 3 is 2.92 bits per heavy atom. The molecule has 3 aliphatic rings. The third-order valence-corrected chi connectivity index (χ3v) is 2.97. The highest BCUT2D eigenvalue weighted by molar-refractivity contribution is 4.93. The number of nitriles is 1. The fourth-order valence-corrected chi connectivity index (χ4v) is 2.27. The SMILES string of the molecule is N#CCCN1CC2CCC1CN2. The van der Waals surface area contributed by atoms with E-state index in [0.29, 0.717) is 18.5 Å². The minimum atomic E-state index is 0.684. The number of hydrogen-bond donors (Lipinski definition) is 1. The molecule has 0 amide bonds. The van der Waals surface area contributed by atoms with Crippen molar-refractivity contribution in [3.8, 4) is 6.07 Å². The van der Waals surface area contributed by atoms with Gasteiger partial charge >= 0.3 is 0 Å². The minimum absolute atomic E-state index is 0.684. The van der Waals surface area contributed by atoms with Crippen LogP contribution in [0.1, 0.15) is 19.3 Å². The van der Waals surface area contributed by atoms with E-state index in [1.807, 2.05) is 0 Å². The zero-order chi connectivity index (χ0) is 8.39. The van der Waals surface area contributed by atoms with Crippen molar-refractivity contribution >= 4 is 0 Å². The van der Waals surface area contributed by atoms with E-state index < -0.39 is 0 Å². The van der Waals surface area contributed by atoms with E-state index in [1.165, 1.54) is 12.8 Å². The van der Waals surface area contributed by atoms with Gasteiger partial charge in [-0.25, -0.2) is 0 Å². The molecule has 12 heavy (non-hydrogen) atoms. The summed E-state index contributed by atoms with van der Waals surface area (Å²) in [6.07, 6.45) is 3.33. The van der Waals surface area contributed by atoms with Crippen molar-refractivity contribution in [1.82, 2.24) is 10.2 Å². The summed E-state index contributed by atoms with van der Waals surface area (Å²) >= 11 is 0. The van der Waals surface area contributed by atoms with Gasteiger partial charge in [-0.15, -0.1) is 0 Å². The van der Waals surface area contributed by atoms with Crippen molar-refractivity contribution in [3.63, 3.8) is 0 Å². The van der Waals surface area contributed by atoms with Gasteiger partial charge in [0, 0.05) is 38.1 Å². The molecule has 3 heteroatoms. The largest absolute Gasteiger partial charge is 0.311 e. The van der Waals surface area contributed by atoms with Crippen molar-refractivity contribution in [1.29, 1.82) is 5.26 Å². The molecule has 0 spiro atoms. The van der Waals surface area contributed by atoms with Gasteiger partial charge in [-0.2, -0.15) is 5.26 Å². The lowest BCUT2D eigenvalue weighted by Gasteiger charge is -2.45. The fourth-order valence-electron chi connectivity index (χ4n) is 2.27. The maximum Gasteiger partial charge on any atom is 0.0635 e. The first-order chi connectivity index (χ1) is 5.90. The lowest BCUT2D eigenvalue weighted by molar-refractivity contribution is 0.0775. The Hall–Kier alpha value is -0.590. The zero-order valence-corrected chi connectivity index (χ0v) is 7.29. The standard InChI is InChI=1S/C9H15N3/c10-4-1-5-12-7-8-2-3-9(12)6-11-8/h8-9,11H,1-3,5-7H2. The van der Waals surface area contributed by atoms with Crippen molar-refractivity contribution < 1.29 is 0 Å². The molecule has 0 aromatic rings. The summed E-state index contributed by atoms with van der Waals surface area (Å²) in [4.78, 5) is 2.47. The van der Waals surface area contributed by atoms with Gasteiger partial charge in [0.1, 0.15) is 0 Å². The maximum atomic E-state index is 8.47. The second-order valence-electron chi connectivity index (χ2n) is 3.74. The predicted octanol–water partition coefficient (Wildman–Crippen LogP) is 0.336. The van der Waals surface area contributed by atoms with Crippen molar-refractivity contribution in [3.05, 3.63) is 0 Å². The van der Waals surface area contributed by atoms with Crippen molar-refractivity contribution in [2.24, 2.45) is 0 Å². The van der Waals surface area contributed by atoms with Crippen LogP contribution >= 0.6 is 0 Å². The van der Waals surface area contributed by atoms with Crippen LogP contribution in [0.5, 0.6) is 0 Å². The summed E-state index contributed by atoms with van der Waals surface area (Å²) < 4.78 is 0. The summed E-state index contributed by atoms with van der Waals surface area (Å²) in [5, 5.41) is 12.0. The minimum Gasteiger partial charge on any atom is -0.311 e. The third-order valence-electron chi connectivity index (χ3n) is 2.97. The molecule has 66 valence electrons. The summed E-state index contributed by atoms with van der Waals surface area (Å²) in [7, 11) is 0. The highest BCUT2D eigenvalue weighted by Crippen LogP contribution is 2.21. The molecule has 3 nitrogen and oxygen atoms in total. The molecule has 0 aliphatic carbocycles. The Morgan fingerprint density at radius 2 is 2.42 bits per heavy atom. The Labute approximate surface area is 73.3 Å². The summed E-state index contributed by atoms with van der Waals surface area (Å²) in [6, 6.07) is 3.63. The smallest absolute Gasteiger partial charge is 0.0635 e. The van der Waals surface area contributed by atoms with E-state index in [4.69, 9.17) is 5.26 Å². The van der Waals surface area contributed by atoms with E-state index in [9.17, 15) is 0 Å². The van der Waals surface area contributed by atoms with Crippen LogP contribution in [-0.4, -0.2) is 36.6 Å². The van der Waals surface area contributed by atoms with E-state index in [1.54, 1.807) is 0 Å². The molecule has 0 radical (unpaired) electrons. The molecule has 0 aromatic heterocycles. The fraction of sp³-hybridized carbons (Fsp3) is 0.889. The van der Waals surface area contributed by atoms with Crippen LogP contribution in [0.15, 0.2) is 0 Å². The molecule has 0 aromatic carbocycles. The second kappa shape index (κ2) is 3.42. The average Bonchev–Trinajstić information content (AvgIpc) is 2.17. The van der Waals surface area contributed by atoms with Crippen LogP contribution in [0, 0.1) is 11.3 Å².